The Labute approximate surface area is 181 Å². The van der Waals surface area contributed by atoms with Crippen LogP contribution in [-0.4, -0.2) is 29.8 Å². The monoisotopic (exact) mass is 441 g/mol. The maximum absolute atomic E-state index is 11.5. The summed E-state index contributed by atoms with van der Waals surface area (Å²) in [6, 6.07) is 15.0. The number of aryl methyl sites for hydroxylation is 2. The van der Waals surface area contributed by atoms with E-state index in [0.717, 1.165) is 34.6 Å². The van der Waals surface area contributed by atoms with E-state index < -0.39 is 10.0 Å². The van der Waals surface area contributed by atoms with Crippen molar-refractivity contribution < 1.29 is 8.42 Å². The zero-order valence-electron chi connectivity index (χ0n) is 16.9. The van der Waals surface area contributed by atoms with Crippen LogP contribution in [0.4, 0.5) is 11.4 Å². The quantitative estimate of drug-likeness (QED) is 0.525. The second kappa shape index (κ2) is 7.73. The molecule has 1 fully saturated rings. The topological polar surface area (TPSA) is 90.1 Å². The van der Waals surface area contributed by atoms with Crippen molar-refractivity contribution in [2.24, 2.45) is 0 Å². The molecule has 9 heteroatoms. The fraction of sp³-hybridized carbons (Fsp3) is 0.238. The van der Waals surface area contributed by atoms with E-state index >= 15 is 0 Å². The Hall–Kier alpha value is -2.91. The maximum Gasteiger partial charge on any atom is 0.229 e. The van der Waals surface area contributed by atoms with Gasteiger partial charge in [-0.3, -0.25) is 9.71 Å². The van der Waals surface area contributed by atoms with Gasteiger partial charge in [-0.2, -0.15) is 0 Å². The highest BCUT2D eigenvalue weighted by Gasteiger charge is 2.41. The van der Waals surface area contributed by atoms with E-state index in [0.29, 0.717) is 10.8 Å². The lowest BCUT2D eigenvalue weighted by Crippen LogP contribution is -2.29. The number of pyridine rings is 1. The van der Waals surface area contributed by atoms with Gasteiger partial charge < -0.3 is 15.2 Å². The van der Waals surface area contributed by atoms with Gasteiger partial charge in [-0.05, 0) is 74.1 Å². The molecule has 1 aliphatic heterocycles. The number of aromatic nitrogens is 2. The van der Waals surface area contributed by atoms with Crippen molar-refractivity contribution in [3.05, 3.63) is 77.4 Å². The summed E-state index contributed by atoms with van der Waals surface area (Å²) < 4.78 is 25.5. The minimum absolute atomic E-state index is 0.105. The molecule has 1 aliphatic rings. The van der Waals surface area contributed by atoms with E-state index in [1.807, 2.05) is 37.3 Å². The lowest BCUT2D eigenvalue weighted by Gasteiger charge is -2.28. The molecule has 7 nitrogen and oxygen atoms in total. The third kappa shape index (κ3) is 4.03. The summed E-state index contributed by atoms with van der Waals surface area (Å²) in [5, 5.41) is 4.02. The van der Waals surface area contributed by atoms with Gasteiger partial charge in [-0.15, -0.1) is 0 Å². The minimum atomic E-state index is -3.34. The third-order valence-electron chi connectivity index (χ3n) is 5.06. The molecule has 4 rings (SSSR count). The van der Waals surface area contributed by atoms with Gasteiger partial charge in [0.25, 0.3) is 0 Å². The molecule has 156 valence electrons. The molecule has 0 amide bonds. The zero-order chi connectivity index (χ0) is 21.5. The fourth-order valence-corrected chi connectivity index (χ4v) is 4.82. The van der Waals surface area contributed by atoms with E-state index in [-0.39, 0.29) is 12.1 Å². The molecule has 30 heavy (non-hydrogen) atoms. The van der Waals surface area contributed by atoms with Gasteiger partial charge in [0.2, 0.25) is 10.0 Å². The number of rotatable bonds is 5. The number of anilines is 2. The van der Waals surface area contributed by atoms with Gasteiger partial charge in [0.05, 0.1) is 24.0 Å². The van der Waals surface area contributed by atoms with Crippen molar-refractivity contribution >= 4 is 38.7 Å². The molecule has 0 spiro atoms. The van der Waals surface area contributed by atoms with Crippen LogP contribution >= 0.6 is 12.2 Å². The number of nitrogens with one attached hydrogen (secondary N) is 3. The number of aromatic amines is 1. The number of thiocarbonyl (C=S) groups is 1. The second-order valence-electron chi connectivity index (χ2n) is 7.45. The first-order valence-electron chi connectivity index (χ1n) is 9.47. The third-order valence-corrected chi connectivity index (χ3v) is 5.98. The van der Waals surface area contributed by atoms with Crippen LogP contribution in [0, 0.1) is 13.8 Å². The Morgan fingerprint density at radius 2 is 1.87 bits per heavy atom. The van der Waals surface area contributed by atoms with Crippen LogP contribution in [0.3, 0.4) is 0 Å². The molecule has 1 aromatic carbocycles. The molecular formula is C21H23N5O2S2. The number of hydrogen-bond donors (Lipinski definition) is 3. The van der Waals surface area contributed by atoms with E-state index in [4.69, 9.17) is 12.2 Å². The van der Waals surface area contributed by atoms with E-state index in [2.05, 4.69) is 37.9 Å². The smallest absolute Gasteiger partial charge is 0.229 e. The van der Waals surface area contributed by atoms with Crippen LogP contribution in [0.5, 0.6) is 0 Å². The van der Waals surface area contributed by atoms with Gasteiger partial charge in [-0.25, -0.2) is 8.42 Å². The summed E-state index contributed by atoms with van der Waals surface area (Å²) in [6.45, 7) is 4.08. The Kier molecular flexibility index (Phi) is 5.25. The molecule has 3 aromatic rings. The lowest BCUT2D eigenvalue weighted by atomic mass is 9.96. The number of benzene rings is 1. The van der Waals surface area contributed by atoms with Crippen molar-refractivity contribution in [1.82, 2.24) is 15.3 Å². The largest absolute Gasteiger partial charge is 0.362 e. The molecular weight excluding hydrogens is 418 g/mol. The Bertz CT molecular complexity index is 1170. The van der Waals surface area contributed by atoms with Gasteiger partial charge in [0, 0.05) is 29.0 Å². The molecule has 1 saturated heterocycles. The standard InChI is InChI=1S/C21H23N5O2S2/c1-13-12-17(14(2)23-13)20-19(18-6-4-5-11-22-18)24-21(29)26(20)16-9-7-15(8-10-16)25-30(3,27)28/h4-12,19-20,23,25H,1-3H3,(H,24,29)/t19-,20+/m1/s1. The molecule has 0 aliphatic carbocycles. The summed E-state index contributed by atoms with van der Waals surface area (Å²) >= 11 is 5.71. The molecule has 2 atom stereocenters. The van der Waals surface area contributed by atoms with Gasteiger partial charge in [0.15, 0.2) is 5.11 Å². The predicted octanol–water partition coefficient (Wildman–Crippen LogP) is 3.58. The van der Waals surface area contributed by atoms with Crippen molar-refractivity contribution in [1.29, 1.82) is 0 Å². The highest BCUT2D eigenvalue weighted by Crippen LogP contribution is 2.42. The Balaban J connectivity index is 1.77. The highest BCUT2D eigenvalue weighted by atomic mass is 32.2. The van der Waals surface area contributed by atoms with E-state index in [9.17, 15) is 8.42 Å². The summed E-state index contributed by atoms with van der Waals surface area (Å²) in [6.07, 6.45) is 2.91. The first-order valence-corrected chi connectivity index (χ1v) is 11.8. The van der Waals surface area contributed by atoms with Crippen LogP contribution in [-0.2, 0) is 10.0 Å². The van der Waals surface area contributed by atoms with E-state index in [1.54, 1.807) is 18.3 Å². The van der Waals surface area contributed by atoms with Crippen LogP contribution < -0.4 is 14.9 Å². The van der Waals surface area contributed by atoms with Crippen molar-refractivity contribution in [2.75, 3.05) is 15.9 Å². The first-order chi connectivity index (χ1) is 14.2. The SMILES string of the molecule is Cc1cc([C@H]2[C@@H](c3ccccn3)NC(=S)N2c2ccc(NS(C)(=O)=O)cc2)c(C)[nH]1. The number of hydrogen-bond acceptors (Lipinski definition) is 4. The normalized spacial score (nSPS) is 19.0. The molecule has 0 saturated carbocycles. The van der Waals surface area contributed by atoms with Gasteiger partial charge in [0.1, 0.15) is 0 Å². The summed E-state index contributed by atoms with van der Waals surface area (Å²) in [5.41, 5.74) is 5.56. The van der Waals surface area contributed by atoms with Crippen LogP contribution in [0.1, 0.15) is 34.7 Å². The lowest BCUT2D eigenvalue weighted by molar-refractivity contribution is 0.566. The molecule has 2 aromatic heterocycles. The Morgan fingerprint density at radius 1 is 1.13 bits per heavy atom. The molecule has 3 N–H and O–H groups in total. The fourth-order valence-electron chi connectivity index (χ4n) is 3.91. The number of H-pyrrole nitrogens is 1. The number of nitrogens with zero attached hydrogens (tertiary/aromatic N) is 2. The van der Waals surface area contributed by atoms with Crippen LogP contribution in [0.15, 0.2) is 54.7 Å². The predicted molar refractivity (Wildman–Crippen MR) is 123 cm³/mol. The van der Waals surface area contributed by atoms with Crippen LogP contribution in [0.2, 0.25) is 0 Å². The number of sulfonamides is 1. The highest BCUT2D eigenvalue weighted by molar-refractivity contribution is 7.92. The maximum atomic E-state index is 11.5. The molecule has 0 unspecified atom stereocenters. The van der Waals surface area contributed by atoms with E-state index in [1.165, 1.54) is 0 Å². The average molecular weight is 442 g/mol. The average Bonchev–Trinajstić information content (AvgIpc) is 3.20. The van der Waals surface area contributed by atoms with Gasteiger partial charge >= 0.3 is 0 Å². The van der Waals surface area contributed by atoms with Gasteiger partial charge in [-0.1, -0.05) is 6.07 Å². The van der Waals surface area contributed by atoms with Crippen molar-refractivity contribution in [3.63, 3.8) is 0 Å². The Morgan fingerprint density at radius 3 is 2.43 bits per heavy atom. The summed E-state index contributed by atoms with van der Waals surface area (Å²) in [4.78, 5) is 10.0. The molecule has 0 bridgehead atoms. The second-order valence-corrected chi connectivity index (χ2v) is 9.59. The zero-order valence-corrected chi connectivity index (χ0v) is 18.5. The molecule has 0 radical (unpaired) electrons. The summed E-state index contributed by atoms with van der Waals surface area (Å²) in [7, 11) is -3.34. The minimum Gasteiger partial charge on any atom is -0.362 e. The molecule has 3 heterocycles. The first kappa shape index (κ1) is 20.4. The van der Waals surface area contributed by atoms with Crippen molar-refractivity contribution in [3.8, 4) is 0 Å². The van der Waals surface area contributed by atoms with Crippen LogP contribution in [0.25, 0.3) is 0 Å². The summed E-state index contributed by atoms with van der Waals surface area (Å²) in [5.74, 6) is 0. The van der Waals surface area contributed by atoms with Crippen molar-refractivity contribution in [2.45, 2.75) is 25.9 Å².